The predicted molar refractivity (Wildman–Crippen MR) is 78.4 cm³/mol. The number of carbonyl (C=O) groups excluding carboxylic acids is 1. The van der Waals surface area contributed by atoms with Gasteiger partial charge in [0.1, 0.15) is 0 Å². The smallest absolute Gasteiger partial charge is 0.165 e. The van der Waals surface area contributed by atoms with Gasteiger partial charge in [-0.1, -0.05) is 6.07 Å². The van der Waals surface area contributed by atoms with Crippen molar-refractivity contribution >= 4 is 5.78 Å². The van der Waals surface area contributed by atoms with Crippen molar-refractivity contribution in [1.82, 2.24) is 4.57 Å². The molecule has 3 nitrogen and oxygen atoms in total. The lowest BCUT2D eigenvalue weighted by Crippen LogP contribution is -2.00. The lowest BCUT2D eigenvalue weighted by atomic mass is 10.1. The van der Waals surface area contributed by atoms with Crippen molar-refractivity contribution in [2.24, 2.45) is 0 Å². The molecule has 0 atom stereocenters. The summed E-state index contributed by atoms with van der Waals surface area (Å²) in [5.74, 6) is 0.110. The van der Waals surface area contributed by atoms with Crippen LogP contribution in [0.3, 0.4) is 0 Å². The van der Waals surface area contributed by atoms with Crippen molar-refractivity contribution in [3.8, 4) is 5.75 Å². The van der Waals surface area contributed by atoms with Crippen LogP contribution in [-0.4, -0.2) is 17.5 Å². The zero-order chi connectivity index (χ0) is 14.8. The summed E-state index contributed by atoms with van der Waals surface area (Å²) in [6.45, 7) is 0.557. The molecule has 1 heterocycles. The lowest BCUT2D eigenvalue weighted by Gasteiger charge is -2.06. The van der Waals surface area contributed by atoms with Crippen LogP contribution in [-0.2, 0) is 13.0 Å². The Morgan fingerprint density at radius 2 is 2.05 bits per heavy atom. The summed E-state index contributed by atoms with van der Waals surface area (Å²) >= 11 is 0. The van der Waals surface area contributed by atoms with E-state index in [4.69, 9.17) is 4.74 Å². The van der Waals surface area contributed by atoms with E-state index in [-0.39, 0.29) is 17.3 Å². The molecular formula is C17H18FNO2. The molecule has 1 aliphatic carbocycles. The Hall–Kier alpha value is -2.10. The Kier molecular flexibility index (Phi) is 3.78. The van der Waals surface area contributed by atoms with E-state index in [1.165, 1.54) is 13.2 Å². The summed E-state index contributed by atoms with van der Waals surface area (Å²) in [6, 6.07) is 4.95. The first-order chi connectivity index (χ1) is 10.2. The third-order valence-corrected chi connectivity index (χ3v) is 3.94. The van der Waals surface area contributed by atoms with Gasteiger partial charge in [0.05, 0.1) is 7.11 Å². The standard InChI is InChI=1S/C17H18FNO2/c1-21-17-7-6-12(8-15(17)18)9-19-10-13-4-2-3-5-16(20)14(13)11-19/h6-8,10-11H,2-5,9H2,1H3. The number of carbonyl (C=O) groups is 1. The Morgan fingerprint density at radius 1 is 1.24 bits per heavy atom. The number of halogens is 1. The number of aryl methyl sites for hydroxylation is 1. The highest BCUT2D eigenvalue weighted by molar-refractivity contribution is 5.97. The van der Waals surface area contributed by atoms with Gasteiger partial charge in [0, 0.05) is 30.9 Å². The quantitative estimate of drug-likeness (QED) is 0.808. The summed E-state index contributed by atoms with van der Waals surface area (Å²) in [6.07, 6.45) is 7.52. The Labute approximate surface area is 123 Å². The average Bonchev–Trinajstić information content (AvgIpc) is 2.79. The van der Waals surface area contributed by atoms with E-state index >= 15 is 0 Å². The molecule has 0 amide bonds. The van der Waals surface area contributed by atoms with Crippen molar-refractivity contribution in [3.63, 3.8) is 0 Å². The monoisotopic (exact) mass is 287 g/mol. The number of aromatic nitrogens is 1. The molecule has 1 aromatic carbocycles. The molecule has 0 bridgehead atoms. The van der Waals surface area contributed by atoms with Crippen LogP contribution in [0, 0.1) is 5.82 Å². The van der Waals surface area contributed by atoms with Crippen molar-refractivity contribution < 1.29 is 13.9 Å². The molecule has 1 aromatic heterocycles. The summed E-state index contributed by atoms with van der Waals surface area (Å²) in [5, 5.41) is 0. The number of fused-ring (bicyclic) bond motifs is 1. The van der Waals surface area contributed by atoms with E-state index < -0.39 is 0 Å². The molecule has 21 heavy (non-hydrogen) atoms. The number of ketones is 1. The summed E-state index contributed by atoms with van der Waals surface area (Å²) < 4.78 is 20.6. The van der Waals surface area contributed by atoms with Crippen molar-refractivity contribution in [1.29, 1.82) is 0 Å². The van der Waals surface area contributed by atoms with Gasteiger partial charge >= 0.3 is 0 Å². The fourth-order valence-electron chi connectivity index (χ4n) is 2.85. The first-order valence-electron chi connectivity index (χ1n) is 7.21. The van der Waals surface area contributed by atoms with Gasteiger partial charge in [0.15, 0.2) is 17.3 Å². The summed E-state index contributed by atoms with van der Waals surface area (Å²) in [7, 11) is 1.45. The topological polar surface area (TPSA) is 31.2 Å². The normalized spacial score (nSPS) is 14.7. The molecule has 0 radical (unpaired) electrons. The molecule has 2 aromatic rings. The van der Waals surface area contributed by atoms with E-state index in [0.717, 1.165) is 36.0 Å². The number of benzene rings is 1. The second kappa shape index (κ2) is 5.72. The zero-order valence-corrected chi connectivity index (χ0v) is 12.1. The average molecular weight is 287 g/mol. The van der Waals surface area contributed by atoms with Crippen LogP contribution in [0.1, 0.15) is 40.7 Å². The van der Waals surface area contributed by atoms with E-state index in [2.05, 4.69) is 0 Å². The first kappa shape index (κ1) is 13.9. The minimum absolute atomic E-state index is 0.224. The van der Waals surface area contributed by atoms with Crippen LogP contribution in [0.2, 0.25) is 0 Å². The lowest BCUT2D eigenvalue weighted by molar-refractivity contribution is 0.0982. The molecule has 0 fully saturated rings. The van der Waals surface area contributed by atoms with Crippen LogP contribution in [0.15, 0.2) is 30.6 Å². The zero-order valence-electron chi connectivity index (χ0n) is 12.1. The third-order valence-electron chi connectivity index (χ3n) is 3.94. The Morgan fingerprint density at radius 3 is 2.81 bits per heavy atom. The highest BCUT2D eigenvalue weighted by Crippen LogP contribution is 2.23. The molecule has 0 N–H and O–H groups in total. The minimum Gasteiger partial charge on any atom is -0.494 e. The van der Waals surface area contributed by atoms with E-state index in [0.29, 0.717) is 13.0 Å². The molecule has 0 unspecified atom stereocenters. The molecule has 0 saturated carbocycles. The van der Waals surface area contributed by atoms with E-state index in [1.807, 2.05) is 23.0 Å². The fraction of sp³-hybridized carbons (Fsp3) is 0.353. The van der Waals surface area contributed by atoms with Gasteiger partial charge in [0.2, 0.25) is 0 Å². The van der Waals surface area contributed by atoms with Crippen molar-refractivity contribution in [2.45, 2.75) is 32.2 Å². The van der Waals surface area contributed by atoms with Gasteiger partial charge in [0.25, 0.3) is 0 Å². The number of nitrogens with zero attached hydrogens (tertiary/aromatic N) is 1. The van der Waals surface area contributed by atoms with Crippen LogP contribution in [0.25, 0.3) is 0 Å². The van der Waals surface area contributed by atoms with Gasteiger partial charge < -0.3 is 9.30 Å². The molecule has 110 valence electrons. The molecule has 4 heteroatoms. The maximum atomic E-state index is 13.7. The van der Waals surface area contributed by atoms with Gasteiger partial charge in [-0.05, 0) is 42.5 Å². The van der Waals surface area contributed by atoms with E-state index in [9.17, 15) is 9.18 Å². The second-order valence-electron chi connectivity index (χ2n) is 5.47. The van der Waals surface area contributed by atoms with Gasteiger partial charge in [-0.25, -0.2) is 4.39 Å². The predicted octanol–water partition coefficient (Wildman–Crippen LogP) is 3.59. The number of hydrogen-bond donors (Lipinski definition) is 0. The number of Topliss-reactive ketones (excluding diaryl/α,β-unsaturated/α-hetero) is 1. The van der Waals surface area contributed by atoms with Gasteiger partial charge in [-0.15, -0.1) is 0 Å². The highest BCUT2D eigenvalue weighted by atomic mass is 19.1. The SMILES string of the molecule is COc1ccc(Cn2cc3c(c2)C(=O)CCCC3)cc1F. The molecule has 3 rings (SSSR count). The van der Waals surface area contributed by atoms with E-state index in [1.54, 1.807) is 6.07 Å². The minimum atomic E-state index is -0.361. The van der Waals surface area contributed by atoms with Crippen molar-refractivity contribution in [2.75, 3.05) is 7.11 Å². The highest BCUT2D eigenvalue weighted by Gasteiger charge is 2.17. The van der Waals surface area contributed by atoms with Gasteiger partial charge in [-0.3, -0.25) is 4.79 Å². The van der Waals surface area contributed by atoms with Crippen LogP contribution in [0.5, 0.6) is 5.75 Å². The molecular weight excluding hydrogens is 269 g/mol. The molecule has 1 aliphatic rings. The number of ether oxygens (including phenoxy) is 1. The fourth-order valence-corrected chi connectivity index (χ4v) is 2.85. The summed E-state index contributed by atoms with van der Waals surface area (Å²) in [5.41, 5.74) is 2.80. The molecule has 0 saturated heterocycles. The van der Waals surface area contributed by atoms with Crippen LogP contribution >= 0.6 is 0 Å². The summed E-state index contributed by atoms with van der Waals surface area (Å²) in [4.78, 5) is 12.0. The van der Waals surface area contributed by atoms with Crippen LogP contribution in [0.4, 0.5) is 4.39 Å². The number of rotatable bonds is 3. The van der Waals surface area contributed by atoms with Crippen LogP contribution < -0.4 is 4.74 Å². The van der Waals surface area contributed by atoms with Crippen molar-refractivity contribution in [3.05, 3.63) is 53.1 Å². The maximum Gasteiger partial charge on any atom is 0.165 e. The molecule has 0 aliphatic heterocycles. The maximum absolute atomic E-state index is 13.7. The molecule has 0 spiro atoms. The van der Waals surface area contributed by atoms with Gasteiger partial charge in [-0.2, -0.15) is 0 Å². The second-order valence-corrected chi connectivity index (χ2v) is 5.47. The first-order valence-corrected chi connectivity index (χ1v) is 7.21. The third kappa shape index (κ3) is 2.84. The Bertz CT molecular complexity index is 675. The largest absolute Gasteiger partial charge is 0.494 e. The Balaban J connectivity index is 1.84. The number of hydrogen-bond acceptors (Lipinski definition) is 2. The number of methoxy groups -OCH3 is 1.